The molecule has 0 bridgehead atoms. The quantitative estimate of drug-likeness (QED) is 0.709. The summed E-state index contributed by atoms with van der Waals surface area (Å²) in [5.74, 6) is -0.651. The minimum Gasteiger partial charge on any atom is -0.346 e. The van der Waals surface area contributed by atoms with Crippen molar-refractivity contribution in [2.24, 2.45) is 0 Å². The maximum atomic E-state index is 13.3. The molecule has 0 heterocycles. The molecule has 0 aliphatic heterocycles. The molecule has 0 spiro atoms. The molecule has 1 amide bonds. The Kier molecular flexibility index (Phi) is 4.29. The summed E-state index contributed by atoms with van der Waals surface area (Å²) in [5.41, 5.74) is 2.52. The van der Waals surface area contributed by atoms with Crippen LogP contribution in [0.15, 0.2) is 84.9 Å². The Morgan fingerprint density at radius 2 is 1.31 bits per heavy atom. The number of carbonyl (C=O) groups excluding carboxylic acids is 1. The van der Waals surface area contributed by atoms with Gasteiger partial charge in [0.15, 0.2) is 0 Å². The maximum Gasteiger partial charge on any atom is 0.232 e. The average molecular weight is 345 g/mol. The van der Waals surface area contributed by atoms with Crippen molar-refractivity contribution in [3.63, 3.8) is 0 Å². The van der Waals surface area contributed by atoms with Crippen LogP contribution in [0, 0.1) is 5.82 Å². The fourth-order valence-corrected chi connectivity index (χ4v) is 3.47. The van der Waals surface area contributed by atoms with Gasteiger partial charge in [0.25, 0.3) is 0 Å². The highest BCUT2D eigenvalue weighted by molar-refractivity contribution is 5.88. The van der Waals surface area contributed by atoms with E-state index in [0.29, 0.717) is 0 Å². The summed E-state index contributed by atoms with van der Waals surface area (Å²) in [6, 6.07) is 26.1. The third kappa shape index (κ3) is 3.25. The Bertz CT molecular complexity index is 847. The Labute approximate surface area is 152 Å². The Hall–Kier alpha value is -2.94. The Morgan fingerprint density at radius 1 is 0.808 bits per heavy atom. The Balaban J connectivity index is 1.64. The smallest absolute Gasteiger partial charge is 0.232 e. The SMILES string of the molecule is O=C(NC1(c2ccc(F)cc2)CC1)C(c1ccccc1)c1ccccc1. The first-order valence-corrected chi connectivity index (χ1v) is 8.86. The molecular weight excluding hydrogens is 325 g/mol. The van der Waals surface area contributed by atoms with Gasteiger partial charge >= 0.3 is 0 Å². The molecule has 0 atom stereocenters. The minimum absolute atomic E-state index is 0.0239. The Morgan fingerprint density at radius 3 is 1.77 bits per heavy atom. The molecule has 3 aromatic carbocycles. The molecule has 3 heteroatoms. The lowest BCUT2D eigenvalue weighted by Crippen LogP contribution is -2.38. The lowest BCUT2D eigenvalue weighted by atomic mass is 9.90. The maximum absolute atomic E-state index is 13.3. The summed E-state index contributed by atoms with van der Waals surface area (Å²) in [7, 11) is 0. The molecule has 0 unspecified atom stereocenters. The predicted octanol–water partition coefficient (Wildman–Crippen LogP) is 4.76. The summed E-state index contributed by atoms with van der Waals surface area (Å²) >= 11 is 0. The molecular formula is C23H20FNO. The molecule has 1 saturated carbocycles. The normalized spacial score (nSPS) is 14.8. The number of nitrogens with one attached hydrogen (secondary N) is 1. The van der Waals surface area contributed by atoms with Gasteiger partial charge in [-0.3, -0.25) is 4.79 Å². The fraction of sp³-hybridized carbons (Fsp3) is 0.174. The number of hydrogen-bond donors (Lipinski definition) is 1. The van der Waals surface area contributed by atoms with Crippen LogP contribution in [-0.4, -0.2) is 5.91 Å². The first-order valence-electron chi connectivity index (χ1n) is 8.86. The van der Waals surface area contributed by atoms with Crippen LogP contribution >= 0.6 is 0 Å². The molecule has 130 valence electrons. The van der Waals surface area contributed by atoms with Crippen LogP contribution in [0.25, 0.3) is 0 Å². The van der Waals surface area contributed by atoms with Crippen LogP contribution in [0.1, 0.15) is 35.4 Å². The van der Waals surface area contributed by atoms with E-state index in [2.05, 4.69) is 5.32 Å². The van der Waals surface area contributed by atoms with E-state index in [1.807, 2.05) is 60.7 Å². The van der Waals surface area contributed by atoms with Crippen LogP contribution < -0.4 is 5.32 Å². The molecule has 3 aromatic rings. The van der Waals surface area contributed by atoms with Gasteiger partial charge in [0, 0.05) is 0 Å². The van der Waals surface area contributed by atoms with E-state index in [0.717, 1.165) is 29.5 Å². The van der Waals surface area contributed by atoms with Crippen LogP contribution in [-0.2, 0) is 10.3 Å². The van der Waals surface area contributed by atoms with Gasteiger partial charge in [0.2, 0.25) is 5.91 Å². The number of rotatable bonds is 5. The van der Waals surface area contributed by atoms with Crippen molar-refractivity contribution >= 4 is 5.91 Å². The lowest BCUT2D eigenvalue weighted by molar-refractivity contribution is -0.122. The number of hydrogen-bond acceptors (Lipinski definition) is 1. The molecule has 2 nitrogen and oxygen atoms in total. The summed E-state index contributed by atoms with van der Waals surface area (Å²) in [6.07, 6.45) is 1.75. The van der Waals surface area contributed by atoms with Crippen molar-refractivity contribution in [1.29, 1.82) is 0 Å². The van der Waals surface area contributed by atoms with Gasteiger partial charge in [-0.05, 0) is 41.7 Å². The monoisotopic (exact) mass is 345 g/mol. The van der Waals surface area contributed by atoms with E-state index in [-0.39, 0.29) is 23.2 Å². The average Bonchev–Trinajstić information content (AvgIpc) is 3.45. The topological polar surface area (TPSA) is 29.1 Å². The second kappa shape index (κ2) is 6.75. The highest BCUT2D eigenvalue weighted by Gasteiger charge is 2.46. The van der Waals surface area contributed by atoms with Gasteiger partial charge in [0.1, 0.15) is 5.82 Å². The molecule has 4 rings (SSSR count). The van der Waals surface area contributed by atoms with Crippen LogP contribution in [0.5, 0.6) is 0 Å². The van der Waals surface area contributed by atoms with Gasteiger partial charge in [-0.2, -0.15) is 0 Å². The van der Waals surface area contributed by atoms with Crippen molar-refractivity contribution in [1.82, 2.24) is 5.32 Å². The van der Waals surface area contributed by atoms with E-state index in [9.17, 15) is 9.18 Å². The molecule has 26 heavy (non-hydrogen) atoms. The molecule has 0 radical (unpaired) electrons. The highest BCUT2D eigenvalue weighted by atomic mass is 19.1. The minimum atomic E-state index is -0.368. The van der Waals surface area contributed by atoms with Crippen LogP contribution in [0.2, 0.25) is 0 Å². The van der Waals surface area contributed by atoms with Crippen molar-refractivity contribution in [2.45, 2.75) is 24.3 Å². The van der Waals surface area contributed by atoms with Crippen molar-refractivity contribution < 1.29 is 9.18 Å². The van der Waals surface area contributed by atoms with Crippen molar-refractivity contribution in [2.75, 3.05) is 0 Å². The lowest BCUT2D eigenvalue weighted by Gasteiger charge is -2.23. The highest BCUT2D eigenvalue weighted by Crippen LogP contribution is 2.46. The number of halogens is 1. The van der Waals surface area contributed by atoms with Gasteiger partial charge < -0.3 is 5.32 Å². The number of amides is 1. The summed E-state index contributed by atoms with van der Waals surface area (Å²) in [6.45, 7) is 0. The standard InChI is InChI=1S/C23H20FNO/c24-20-13-11-19(12-14-20)23(15-16-23)25-22(26)21(17-7-3-1-4-8-17)18-9-5-2-6-10-18/h1-14,21H,15-16H2,(H,25,26). The molecule has 1 aliphatic rings. The van der Waals surface area contributed by atoms with E-state index < -0.39 is 0 Å². The van der Waals surface area contributed by atoms with E-state index >= 15 is 0 Å². The van der Waals surface area contributed by atoms with Gasteiger partial charge in [0.05, 0.1) is 11.5 Å². The fourth-order valence-electron chi connectivity index (χ4n) is 3.47. The molecule has 1 N–H and O–H groups in total. The second-order valence-electron chi connectivity index (χ2n) is 6.83. The third-order valence-corrected chi connectivity index (χ3v) is 5.04. The predicted molar refractivity (Wildman–Crippen MR) is 100 cm³/mol. The zero-order chi connectivity index (χ0) is 18.0. The van der Waals surface area contributed by atoms with Gasteiger partial charge in [-0.25, -0.2) is 4.39 Å². The van der Waals surface area contributed by atoms with Gasteiger partial charge in [-0.1, -0.05) is 72.8 Å². The molecule has 1 aliphatic carbocycles. The third-order valence-electron chi connectivity index (χ3n) is 5.04. The van der Waals surface area contributed by atoms with Gasteiger partial charge in [-0.15, -0.1) is 0 Å². The largest absolute Gasteiger partial charge is 0.346 e. The zero-order valence-electron chi connectivity index (χ0n) is 14.4. The first-order chi connectivity index (χ1) is 12.7. The van der Waals surface area contributed by atoms with E-state index in [1.165, 1.54) is 12.1 Å². The summed E-state index contributed by atoms with van der Waals surface area (Å²) < 4.78 is 13.2. The molecule has 0 saturated heterocycles. The zero-order valence-corrected chi connectivity index (χ0v) is 14.4. The van der Waals surface area contributed by atoms with E-state index in [1.54, 1.807) is 12.1 Å². The summed E-state index contributed by atoms with van der Waals surface area (Å²) in [5, 5.41) is 3.24. The van der Waals surface area contributed by atoms with E-state index in [4.69, 9.17) is 0 Å². The number of carbonyl (C=O) groups is 1. The number of benzene rings is 3. The van der Waals surface area contributed by atoms with Crippen LogP contribution in [0.4, 0.5) is 4.39 Å². The van der Waals surface area contributed by atoms with Crippen molar-refractivity contribution in [3.05, 3.63) is 107 Å². The second-order valence-corrected chi connectivity index (χ2v) is 6.83. The molecule has 1 fully saturated rings. The summed E-state index contributed by atoms with van der Waals surface area (Å²) in [4.78, 5) is 13.3. The first kappa shape index (κ1) is 16.5. The van der Waals surface area contributed by atoms with Crippen LogP contribution in [0.3, 0.4) is 0 Å². The molecule has 0 aromatic heterocycles. The van der Waals surface area contributed by atoms with Crippen molar-refractivity contribution in [3.8, 4) is 0 Å².